The third-order valence-electron chi connectivity index (χ3n) is 2.07. The van der Waals surface area contributed by atoms with Gasteiger partial charge in [-0.3, -0.25) is 0 Å². The summed E-state index contributed by atoms with van der Waals surface area (Å²) in [5.41, 5.74) is 6.41. The molecular weight excluding hydrogens is 266 g/mol. The Morgan fingerprint density at radius 1 is 1.16 bits per heavy atom. The number of halogens is 1. The predicted molar refractivity (Wildman–Crippen MR) is 74.7 cm³/mol. The molecule has 19 heavy (non-hydrogen) atoms. The number of hydrogen-bond donors (Lipinski definition) is 2. The molecule has 0 saturated carbocycles. The summed E-state index contributed by atoms with van der Waals surface area (Å²) >= 11 is 5.81. The number of benzene rings is 1. The lowest BCUT2D eigenvalue weighted by atomic mass is 10.3. The Morgan fingerprint density at radius 3 is 2.47 bits per heavy atom. The molecule has 0 unspecified atom stereocenters. The Morgan fingerprint density at radius 2 is 1.84 bits per heavy atom. The highest BCUT2D eigenvalue weighted by atomic mass is 35.5. The molecule has 2 rings (SSSR count). The summed E-state index contributed by atoms with van der Waals surface area (Å²) in [5.74, 6) is 0.424. The molecular formula is C12H14ClN5O. The molecule has 0 bridgehead atoms. The van der Waals surface area contributed by atoms with Crippen LogP contribution < -0.4 is 15.8 Å². The summed E-state index contributed by atoms with van der Waals surface area (Å²) in [5, 5.41) is 3.66. The van der Waals surface area contributed by atoms with Gasteiger partial charge >= 0.3 is 6.01 Å². The van der Waals surface area contributed by atoms with Crippen molar-refractivity contribution in [2.45, 2.75) is 20.0 Å². The standard InChI is InChI=1S/C12H14ClN5O/c1-7(2)19-12-17-10(14)16-11(18-12)15-9-5-3-8(13)4-6-9/h3-7H,1-2H3,(H3,14,15,16,17,18). The van der Waals surface area contributed by atoms with Crippen LogP contribution in [0.1, 0.15) is 13.8 Å². The van der Waals surface area contributed by atoms with Gasteiger partial charge in [0.1, 0.15) is 0 Å². The third-order valence-corrected chi connectivity index (χ3v) is 2.33. The first-order chi connectivity index (χ1) is 9.02. The van der Waals surface area contributed by atoms with Crippen LogP contribution in [0.15, 0.2) is 24.3 Å². The third kappa shape index (κ3) is 3.96. The van der Waals surface area contributed by atoms with Crippen molar-refractivity contribution in [2.24, 2.45) is 0 Å². The van der Waals surface area contributed by atoms with Crippen molar-refractivity contribution in [3.05, 3.63) is 29.3 Å². The molecule has 1 heterocycles. The number of aromatic nitrogens is 3. The van der Waals surface area contributed by atoms with Gasteiger partial charge in [0.05, 0.1) is 6.10 Å². The molecule has 7 heteroatoms. The minimum atomic E-state index is -0.0369. The Balaban J connectivity index is 2.19. The highest BCUT2D eigenvalue weighted by Crippen LogP contribution is 2.18. The smallest absolute Gasteiger partial charge is 0.323 e. The van der Waals surface area contributed by atoms with Crippen LogP contribution in [0.25, 0.3) is 0 Å². The number of nitrogens with two attached hydrogens (primary N) is 1. The van der Waals surface area contributed by atoms with E-state index in [0.717, 1.165) is 5.69 Å². The summed E-state index contributed by atoms with van der Waals surface area (Å²) < 4.78 is 5.39. The fourth-order valence-corrected chi connectivity index (χ4v) is 1.48. The number of nitrogens with zero attached hydrogens (tertiary/aromatic N) is 3. The minimum Gasteiger partial charge on any atom is -0.461 e. The van der Waals surface area contributed by atoms with Crippen LogP contribution in [0.2, 0.25) is 5.02 Å². The number of rotatable bonds is 4. The summed E-state index contributed by atoms with van der Waals surface area (Å²) in [4.78, 5) is 12.0. The summed E-state index contributed by atoms with van der Waals surface area (Å²) in [6.07, 6.45) is -0.0369. The van der Waals surface area contributed by atoms with E-state index in [1.54, 1.807) is 12.1 Å². The van der Waals surface area contributed by atoms with Crippen LogP contribution in [0, 0.1) is 0 Å². The number of nitrogen functional groups attached to an aromatic ring is 1. The normalized spacial score (nSPS) is 10.5. The molecule has 0 spiro atoms. The summed E-state index contributed by atoms with van der Waals surface area (Å²) in [6, 6.07) is 7.34. The average molecular weight is 280 g/mol. The van der Waals surface area contributed by atoms with Gasteiger partial charge in [-0.15, -0.1) is 0 Å². The van der Waals surface area contributed by atoms with Gasteiger partial charge in [0.15, 0.2) is 0 Å². The Hall–Kier alpha value is -2.08. The van der Waals surface area contributed by atoms with E-state index in [1.165, 1.54) is 0 Å². The first kappa shape index (κ1) is 13.4. The van der Waals surface area contributed by atoms with Crippen LogP contribution >= 0.6 is 11.6 Å². The van der Waals surface area contributed by atoms with Crippen LogP contribution in [0.4, 0.5) is 17.6 Å². The van der Waals surface area contributed by atoms with Crippen molar-refractivity contribution < 1.29 is 4.74 Å². The second-order valence-corrected chi connectivity index (χ2v) is 4.53. The van der Waals surface area contributed by atoms with Crippen molar-refractivity contribution in [2.75, 3.05) is 11.1 Å². The highest BCUT2D eigenvalue weighted by Gasteiger charge is 2.07. The van der Waals surface area contributed by atoms with Crippen molar-refractivity contribution in [1.29, 1.82) is 0 Å². The maximum Gasteiger partial charge on any atom is 0.323 e. The van der Waals surface area contributed by atoms with Crippen molar-refractivity contribution in [3.8, 4) is 6.01 Å². The zero-order valence-corrected chi connectivity index (χ0v) is 11.3. The molecule has 0 saturated heterocycles. The van der Waals surface area contributed by atoms with Crippen LogP contribution in [0.5, 0.6) is 6.01 Å². The molecule has 2 aromatic rings. The number of ether oxygens (including phenoxy) is 1. The van der Waals surface area contributed by atoms with Gasteiger partial charge in [0.25, 0.3) is 0 Å². The van der Waals surface area contributed by atoms with E-state index in [0.29, 0.717) is 11.0 Å². The number of nitrogens with one attached hydrogen (secondary N) is 1. The lowest BCUT2D eigenvalue weighted by molar-refractivity contribution is 0.222. The number of hydrogen-bond acceptors (Lipinski definition) is 6. The lowest BCUT2D eigenvalue weighted by Crippen LogP contribution is -2.11. The molecule has 100 valence electrons. The SMILES string of the molecule is CC(C)Oc1nc(N)nc(Nc2ccc(Cl)cc2)n1. The monoisotopic (exact) mass is 279 g/mol. The van der Waals surface area contributed by atoms with Gasteiger partial charge in [-0.1, -0.05) is 11.6 Å². The first-order valence-electron chi connectivity index (χ1n) is 5.74. The number of anilines is 3. The zero-order chi connectivity index (χ0) is 13.8. The van der Waals surface area contributed by atoms with E-state index in [-0.39, 0.29) is 18.1 Å². The van der Waals surface area contributed by atoms with Gasteiger partial charge in [-0.2, -0.15) is 15.0 Å². The quantitative estimate of drug-likeness (QED) is 0.895. The molecule has 0 fully saturated rings. The van der Waals surface area contributed by atoms with Gasteiger partial charge < -0.3 is 15.8 Å². The van der Waals surface area contributed by atoms with E-state index in [1.807, 2.05) is 26.0 Å². The lowest BCUT2D eigenvalue weighted by Gasteiger charge is -2.10. The van der Waals surface area contributed by atoms with Gasteiger partial charge in [0.2, 0.25) is 11.9 Å². The largest absolute Gasteiger partial charge is 0.461 e. The van der Waals surface area contributed by atoms with Crippen LogP contribution in [-0.4, -0.2) is 21.1 Å². The van der Waals surface area contributed by atoms with Gasteiger partial charge in [-0.25, -0.2) is 0 Å². The molecule has 0 amide bonds. The zero-order valence-electron chi connectivity index (χ0n) is 10.6. The second kappa shape index (κ2) is 5.71. The van der Waals surface area contributed by atoms with E-state index in [4.69, 9.17) is 22.1 Å². The molecule has 0 aliphatic heterocycles. The van der Waals surface area contributed by atoms with Crippen molar-refractivity contribution in [1.82, 2.24) is 15.0 Å². The second-order valence-electron chi connectivity index (χ2n) is 4.10. The van der Waals surface area contributed by atoms with E-state index in [2.05, 4.69) is 20.3 Å². The minimum absolute atomic E-state index is 0.0369. The topological polar surface area (TPSA) is 86.0 Å². The molecule has 0 aliphatic rings. The fraction of sp³-hybridized carbons (Fsp3) is 0.250. The Labute approximate surface area is 116 Å². The van der Waals surface area contributed by atoms with Crippen LogP contribution in [-0.2, 0) is 0 Å². The molecule has 1 aromatic carbocycles. The highest BCUT2D eigenvalue weighted by molar-refractivity contribution is 6.30. The molecule has 1 aromatic heterocycles. The maximum atomic E-state index is 5.81. The van der Waals surface area contributed by atoms with E-state index < -0.39 is 0 Å². The van der Waals surface area contributed by atoms with Gasteiger partial charge in [0, 0.05) is 10.7 Å². The van der Waals surface area contributed by atoms with E-state index in [9.17, 15) is 0 Å². The molecule has 6 nitrogen and oxygen atoms in total. The van der Waals surface area contributed by atoms with E-state index >= 15 is 0 Å². The molecule has 3 N–H and O–H groups in total. The Bertz CT molecular complexity index is 559. The van der Waals surface area contributed by atoms with Crippen molar-refractivity contribution in [3.63, 3.8) is 0 Å². The first-order valence-corrected chi connectivity index (χ1v) is 6.11. The fourth-order valence-electron chi connectivity index (χ4n) is 1.35. The Kier molecular flexibility index (Phi) is 4.01. The van der Waals surface area contributed by atoms with Crippen LogP contribution in [0.3, 0.4) is 0 Å². The molecule has 0 radical (unpaired) electrons. The molecule has 0 aliphatic carbocycles. The van der Waals surface area contributed by atoms with Gasteiger partial charge in [-0.05, 0) is 38.1 Å². The average Bonchev–Trinajstić information content (AvgIpc) is 2.30. The summed E-state index contributed by atoms with van der Waals surface area (Å²) in [6.45, 7) is 3.76. The van der Waals surface area contributed by atoms with Crippen molar-refractivity contribution >= 4 is 29.2 Å². The summed E-state index contributed by atoms with van der Waals surface area (Å²) in [7, 11) is 0. The predicted octanol–water partition coefficient (Wildman–Crippen LogP) is 2.64. The molecule has 0 atom stereocenters. The maximum absolute atomic E-state index is 5.81.